The highest BCUT2D eigenvalue weighted by Gasteiger charge is 2.32. The van der Waals surface area contributed by atoms with Gasteiger partial charge in [-0.15, -0.1) is 24.5 Å². The molecular weight excluding hydrogens is 437 g/mol. The Morgan fingerprint density at radius 3 is 2.50 bits per heavy atom. The zero-order valence-electron chi connectivity index (χ0n) is 18.1. The lowest BCUT2D eigenvalue weighted by Gasteiger charge is -2.14. The van der Waals surface area contributed by atoms with Crippen molar-refractivity contribution in [1.29, 1.82) is 0 Å². The zero-order chi connectivity index (χ0) is 23.3. The van der Waals surface area contributed by atoms with Gasteiger partial charge in [-0.05, 0) is 60.5 Å². The standard InChI is InChI=1S/C25H25F3O3S/c1-4-5-6-7-17-9-11-20(21(12-17)31-25(26,27)28)23-14-19-10-8-18(13-22(19)32-23)15-30-24(29)16(2)3/h8-14H,2,4-7,15H2,1,3H3. The molecule has 0 radical (unpaired) electrons. The van der Waals surface area contributed by atoms with Crippen molar-refractivity contribution in [3.63, 3.8) is 0 Å². The van der Waals surface area contributed by atoms with E-state index in [4.69, 9.17) is 4.74 Å². The van der Waals surface area contributed by atoms with Crippen LogP contribution in [-0.4, -0.2) is 12.3 Å². The molecule has 0 saturated heterocycles. The maximum Gasteiger partial charge on any atom is 0.573 e. The van der Waals surface area contributed by atoms with Crippen LogP contribution in [0.15, 0.2) is 54.6 Å². The van der Waals surface area contributed by atoms with Gasteiger partial charge in [0.25, 0.3) is 0 Å². The molecule has 1 heterocycles. The molecule has 3 aromatic rings. The van der Waals surface area contributed by atoms with Crippen LogP contribution in [0, 0.1) is 0 Å². The van der Waals surface area contributed by atoms with Crippen molar-refractivity contribution in [1.82, 2.24) is 0 Å². The topological polar surface area (TPSA) is 35.5 Å². The van der Waals surface area contributed by atoms with Crippen molar-refractivity contribution >= 4 is 27.4 Å². The molecule has 0 spiro atoms. The first-order valence-electron chi connectivity index (χ1n) is 10.4. The molecule has 0 fully saturated rings. The Morgan fingerprint density at radius 1 is 1.06 bits per heavy atom. The van der Waals surface area contributed by atoms with Gasteiger partial charge in [0.15, 0.2) is 0 Å². The Hall–Kier alpha value is -2.80. The van der Waals surface area contributed by atoms with Crippen molar-refractivity contribution in [2.75, 3.05) is 0 Å². The quantitative estimate of drug-likeness (QED) is 0.185. The van der Waals surface area contributed by atoms with Gasteiger partial charge >= 0.3 is 12.3 Å². The van der Waals surface area contributed by atoms with Gasteiger partial charge in [-0.1, -0.05) is 44.5 Å². The number of aryl methyl sites for hydroxylation is 1. The van der Waals surface area contributed by atoms with Crippen molar-refractivity contribution in [2.24, 2.45) is 0 Å². The fourth-order valence-corrected chi connectivity index (χ4v) is 4.44. The lowest BCUT2D eigenvalue weighted by molar-refractivity contribution is -0.274. The van der Waals surface area contributed by atoms with Gasteiger partial charge in [0.2, 0.25) is 0 Å². The van der Waals surface area contributed by atoms with E-state index in [0.29, 0.717) is 22.4 Å². The number of halogens is 3. The Labute approximate surface area is 189 Å². The first-order valence-corrected chi connectivity index (χ1v) is 11.2. The number of esters is 1. The number of alkyl halides is 3. The Morgan fingerprint density at radius 2 is 1.81 bits per heavy atom. The summed E-state index contributed by atoms with van der Waals surface area (Å²) in [5.41, 5.74) is 2.33. The molecule has 0 aliphatic rings. The van der Waals surface area contributed by atoms with E-state index in [2.05, 4.69) is 18.2 Å². The Bertz CT molecular complexity index is 1120. The number of hydrogen-bond acceptors (Lipinski definition) is 4. The van der Waals surface area contributed by atoms with Gasteiger partial charge in [-0.25, -0.2) is 4.79 Å². The number of benzene rings is 2. The second-order valence-electron chi connectivity index (χ2n) is 7.67. The molecule has 1 aromatic heterocycles. The summed E-state index contributed by atoms with van der Waals surface area (Å²) in [6.07, 6.45) is -1.07. The minimum Gasteiger partial charge on any atom is -0.457 e. The van der Waals surface area contributed by atoms with E-state index in [1.165, 1.54) is 17.4 Å². The fraction of sp³-hybridized carbons (Fsp3) is 0.320. The number of fused-ring (bicyclic) bond motifs is 1. The summed E-state index contributed by atoms with van der Waals surface area (Å²) in [6.45, 7) is 7.31. The van der Waals surface area contributed by atoms with Crippen LogP contribution in [0.25, 0.3) is 20.5 Å². The van der Waals surface area contributed by atoms with E-state index >= 15 is 0 Å². The van der Waals surface area contributed by atoms with Crippen molar-refractivity contribution in [3.05, 3.63) is 65.7 Å². The molecule has 3 rings (SSSR count). The van der Waals surface area contributed by atoms with Crippen LogP contribution in [0.1, 0.15) is 44.2 Å². The number of hydrogen-bond donors (Lipinski definition) is 0. The molecule has 0 bridgehead atoms. The van der Waals surface area contributed by atoms with E-state index in [1.54, 1.807) is 13.0 Å². The molecule has 0 saturated carbocycles. The molecule has 0 atom stereocenters. The number of carbonyl (C=O) groups excluding carboxylic acids is 1. The van der Waals surface area contributed by atoms with Crippen LogP contribution in [0.5, 0.6) is 5.75 Å². The molecule has 0 aliphatic heterocycles. The lowest BCUT2D eigenvalue weighted by atomic mass is 10.0. The number of unbranched alkanes of at least 4 members (excludes halogenated alkanes) is 2. The highest BCUT2D eigenvalue weighted by Crippen LogP contribution is 2.41. The maximum absolute atomic E-state index is 13.1. The number of carbonyl (C=O) groups is 1. The molecule has 2 aromatic carbocycles. The predicted molar refractivity (Wildman–Crippen MR) is 122 cm³/mol. The van der Waals surface area contributed by atoms with Gasteiger partial charge in [0, 0.05) is 20.7 Å². The summed E-state index contributed by atoms with van der Waals surface area (Å²) in [6, 6.07) is 12.5. The van der Waals surface area contributed by atoms with E-state index < -0.39 is 12.3 Å². The summed E-state index contributed by atoms with van der Waals surface area (Å²) in [7, 11) is 0. The van der Waals surface area contributed by atoms with Crippen LogP contribution >= 0.6 is 11.3 Å². The minimum atomic E-state index is -4.77. The van der Waals surface area contributed by atoms with Gasteiger partial charge in [-0.3, -0.25) is 0 Å². The van der Waals surface area contributed by atoms with Crippen LogP contribution in [0.2, 0.25) is 0 Å². The average Bonchev–Trinajstić information content (AvgIpc) is 3.14. The normalized spacial score (nSPS) is 11.5. The number of thiophene rings is 1. The minimum absolute atomic E-state index is 0.101. The Balaban J connectivity index is 1.90. The third kappa shape index (κ3) is 6.36. The largest absolute Gasteiger partial charge is 0.573 e. The second-order valence-corrected chi connectivity index (χ2v) is 8.76. The van der Waals surface area contributed by atoms with E-state index in [-0.39, 0.29) is 12.4 Å². The first kappa shape index (κ1) is 23.9. The fourth-order valence-electron chi connectivity index (χ4n) is 3.28. The van der Waals surface area contributed by atoms with Gasteiger partial charge in [0.1, 0.15) is 12.4 Å². The SMILES string of the molecule is C=C(C)C(=O)OCc1ccc2cc(-c3ccc(CCCCC)cc3OC(F)(F)F)sc2c1. The van der Waals surface area contributed by atoms with Gasteiger partial charge < -0.3 is 9.47 Å². The van der Waals surface area contributed by atoms with Crippen molar-refractivity contribution in [3.8, 4) is 16.2 Å². The van der Waals surface area contributed by atoms with Crippen LogP contribution < -0.4 is 4.74 Å². The van der Waals surface area contributed by atoms with Crippen molar-refractivity contribution < 1.29 is 27.4 Å². The van der Waals surface area contributed by atoms with Gasteiger partial charge in [-0.2, -0.15) is 0 Å². The first-order chi connectivity index (χ1) is 15.2. The second kappa shape index (κ2) is 10.2. The molecule has 7 heteroatoms. The summed E-state index contributed by atoms with van der Waals surface area (Å²) >= 11 is 1.37. The van der Waals surface area contributed by atoms with Crippen LogP contribution in [0.3, 0.4) is 0 Å². The van der Waals surface area contributed by atoms with Crippen LogP contribution in [-0.2, 0) is 22.6 Å². The molecule has 0 amide bonds. The van der Waals surface area contributed by atoms with E-state index in [0.717, 1.165) is 40.5 Å². The monoisotopic (exact) mass is 462 g/mol. The summed E-state index contributed by atoms with van der Waals surface area (Å²) in [4.78, 5) is 12.3. The smallest absolute Gasteiger partial charge is 0.457 e. The van der Waals surface area contributed by atoms with E-state index in [9.17, 15) is 18.0 Å². The summed E-state index contributed by atoms with van der Waals surface area (Å²) in [5.74, 6) is -0.654. The average molecular weight is 463 g/mol. The van der Waals surface area contributed by atoms with Crippen molar-refractivity contribution in [2.45, 2.75) is 52.5 Å². The third-order valence-electron chi connectivity index (χ3n) is 4.91. The molecule has 0 aliphatic carbocycles. The van der Waals surface area contributed by atoms with Crippen LogP contribution in [0.4, 0.5) is 13.2 Å². The lowest BCUT2D eigenvalue weighted by Crippen LogP contribution is -2.17. The molecular formula is C25H25F3O3S. The molecule has 0 N–H and O–H groups in total. The molecule has 170 valence electrons. The highest BCUT2D eigenvalue weighted by atomic mass is 32.1. The Kier molecular flexibility index (Phi) is 7.61. The zero-order valence-corrected chi connectivity index (χ0v) is 18.9. The maximum atomic E-state index is 13.1. The number of ether oxygens (including phenoxy) is 2. The summed E-state index contributed by atoms with van der Waals surface area (Å²) in [5, 5.41) is 0.893. The highest BCUT2D eigenvalue weighted by molar-refractivity contribution is 7.22. The van der Waals surface area contributed by atoms with E-state index in [1.807, 2.05) is 30.3 Å². The molecule has 3 nitrogen and oxygen atoms in total. The predicted octanol–water partition coefficient (Wildman–Crippen LogP) is 7.82. The molecule has 0 unspecified atom stereocenters. The summed E-state index contributed by atoms with van der Waals surface area (Å²) < 4.78 is 49.7. The molecule has 32 heavy (non-hydrogen) atoms. The van der Waals surface area contributed by atoms with Gasteiger partial charge in [0.05, 0.1) is 0 Å². The third-order valence-corrected chi connectivity index (χ3v) is 6.04. The number of rotatable bonds is 9.